The molecule has 6 nitrogen and oxygen atoms in total. The molecule has 0 atom stereocenters. The molecule has 3 aromatic rings. The molecule has 26 heavy (non-hydrogen) atoms. The van der Waals surface area contributed by atoms with E-state index in [0.29, 0.717) is 31.9 Å². The Bertz CT molecular complexity index is 984. The van der Waals surface area contributed by atoms with Crippen molar-refractivity contribution in [1.29, 1.82) is 0 Å². The first kappa shape index (κ1) is 16.9. The van der Waals surface area contributed by atoms with Crippen molar-refractivity contribution in [2.45, 2.75) is 6.42 Å². The molecule has 0 aliphatic carbocycles. The summed E-state index contributed by atoms with van der Waals surface area (Å²) in [6.45, 7) is 2.30. The van der Waals surface area contributed by atoms with Crippen LogP contribution in [-0.4, -0.2) is 59.3 Å². The molecule has 0 unspecified atom stereocenters. The standard InChI is InChI=1S/C19H20N4O2S/c20-11-18(24)22-6-3-7-23(9-8-22)19(25)15-10-14-13-4-1-2-5-16(13)26-17(14)12-21-15/h1-2,4-5,10,12H,3,6-9,11,20H2. The quantitative estimate of drug-likeness (QED) is 0.751. The summed E-state index contributed by atoms with van der Waals surface area (Å²) >= 11 is 1.68. The van der Waals surface area contributed by atoms with Crippen molar-refractivity contribution in [3.63, 3.8) is 0 Å². The third-order valence-electron chi connectivity index (χ3n) is 4.79. The van der Waals surface area contributed by atoms with Gasteiger partial charge in [-0.3, -0.25) is 9.59 Å². The first-order valence-electron chi connectivity index (χ1n) is 8.72. The van der Waals surface area contributed by atoms with Crippen LogP contribution in [0, 0.1) is 0 Å². The maximum absolute atomic E-state index is 12.9. The van der Waals surface area contributed by atoms with Gasteiger partial charge in [0.1, 0.15) is 5.69 Å². The van der Waals surface area contributed by atoms with Crippen LogP contribution in [0.1, 0.15) is 16.9 Å². The third kappa shape index (κ3) is 3.04. The molecule has 0 saturated carbocycles. The van der Waals surface area contributed by atoms with Gasteiger partial charge in [-0.25, -0.2) is 4.98 Å². The normalized spacial score (nSPS) is 15.4. The summed E-state index contributed by atoms with van der Waals surface area (Å²) < 4.78 is 2.28. The number of amides is 2. The van der Waals surface area contributed by atoms with E-state index < -0.39 is 0 Å². The van der Waals surface area contributed by atoms with Gasteiger partial charge < -0.3 is 15.5 Å². The van der Waals surface area contributed by atoms with Crippen molar-refractivity contribution in [1.82, 2.24) is 14.8 Å². The molecule has 1 aliphatic rings. The van der Waals surface area contributed by atoms with Gasteiger partial charge >= 0.3 is 0 Å². The molecule has 0 bridgehead atoms. The molecule has 2 N–H and O–H groups in total. The largest absolute Gasteiger partial charge is 0.340 e. The van der Waals surface area contributed by atoms with Crippen LogP contribution < -0.4 is 5.73 Å². The fourth-order valence-corrected chi connectivity index (χ4v) is 4.46. The molecule has 4 rings (SSSR count). The first-order valence-corrected chi connectivity index (χ1v) is 9.53. The molecule has 0 radical (unpaired) electrons. The zero-order valence-electron chi connectivity index (χ0n) is 14.4. The van der Waals surface area contributed by atoms with Crippen molar-refractivity contribution in [3.05, 3.63) is 42.2 Å². The van der Waals surface area contributed by atoms with Gasteiger partial charge in [-0.1, -0.05) is 18.2 Å². The minimum absolute atomic E-state index is 0.0113. The summed E-state index contributed by atoms with van der Waals surface area (Å²) in [5, 5.41) is 2.22. The smallest absolute Gasteiger partial charge is 0.272 e. The lowest BCUT2D eigenvalue weighted by atomic mass is 10.1. The van der Waals surface area contributed by atoms with Crippen molar-refractivity contribution in [3.8, 4) is 0 Å². The Morgan fingerprint density at radius 2 is 1.81 bits per heavy atom. The Morgan fingerprint density at radius 3 is 2.65 bits per heavy atom. The van der Waals surface area contributed by atoms with Crippen molar-refractivity contribution in [2.24, 2.45) is 5.73 Å². The third-order valence-corrected chi connectivity index (χ3v) is 5.92. The molecule has 1 fully saturated rings. The van der Waals surface area contributed by atoms with Gasteiger partial charge in [0, 0.05) is 47.8 Å². The Morgan fingerprint density at radius 1 is 1.04 bits per heavy atom. The van der Waals surface area contributed by atoms with Crippen LogP contribution in [0.2, 0.25) is 0 Å². The summed E-state index contributed by atoms with van der Waals surface area (Å²) in [7, 11) is 0. The van der Waals surface area contributed by atoms with Gasteiger partial charge in [0.05, 0.1) is 11.2 Å². The highest BCUT2D eigenvalue weighted by molar-refractivity contribution is 7.25. The van der Waals surface area contributed by atoms with E-state index >= 15 is 0 Å². The van der Waals surface area contributed by atoms with E-state index in [2.05, 4.69) is 17.1 Å². The summed E-state index contributed by atoms with van der Waals surface area (Å²) in [5.41, 5.74) is 5.90. The van der Waals surface area contributed by atoms with E-state index in [0.717, 1.165) is 21.9 Å². The number of carbonyl (C=O) groups is 2. The van der Waals surface area contributed by atoms with Crippen molar-refractivity contribution in [2.75, 3.05) is 32.7 Å². The lowest BCUT2D eigenvalue weighted by Crippen LogP contribution is -2.40. The topological polar surface area (TPSA) is 79.5 Å². The molecule has 1 aromatic carbocycles. The van der Waals surface area contributed by atoms with Gasteiger partial charge in [0.2, 0.25) is 5.91 Å². The van der Waals surface area contributed by atoms with E-state index in [-0.39, 0.29) is 18.4 Å². The number of thiophene rings is 1. The lowest BCUT2D eigenvalue weighted by Gasteiger charge is -2.21. The van der Waals surface area contributed by atoms with Crippen molar-refractivity contribution >= 4 is 43.3 Å². The highest BCUT2D eigenvalue weighted by Gasteiger charge is 2.23. The maximum atomic E-state index is 12.9. The van der Waals surface area contributed by atoms with Crippen LogP contribution in [0.15, 0.2) is 36.5 Å². The number of benzene rings is 1. The van der Waals surface area contributed by atoms with Crippen LogP contribution in [0.5, 0.6) is 0 Å². The van der Waals surface area contributed by atoms with Crippen LogP contribution in [0.3, 0.4) is 0 Å². The van der Waals surface area contributed by atoms with Crippen LogP contribution in [-0.2, 0) is 4.79 Å². The van der Waals surface area contributed by atoms with Gasteiger partial charge in [0.15, 0.2) is 0 Å². The predicted octanol–water partition coefficient (Wildman–Crippen LogP) is 2.08. The molecule has 2 amide bonds. The highest BCUT2D eigenvalue weighted by Crippen LogP contribution is 2.33. The highest BCUT2D eigenvalue weighted by atomic mass is 32.1. The molecule has 7 heteroatoms. The molecule has 1 aliphatic heterocycles. The Hall–Kier alpha value is -2.51. The van der Waals surface area contributed by atoms with E-state index in [4.69, 9.17) is 5.73 Å². The van der Waals surface area contributed by atoms with Gasteiger partial charge in [-0.15, -0.1) is 11.3 Å². The van der Waals surface area contributed by atoms with Gasteiger partial charge in [-0.05, 0) is 18.6 Å². The maximum Gasteiger partial charge on any atom is 0.272 e. The number of hydrogen-bond donors (Lipinski definition) is 1. The zero-order chi connectivity index (χ0) is 18.1. The molecule has 1 saturated heterocycles. The van der Waals surface area contributed by atoms with Crippen molar-refractivity contribution < 1.29 is 9.59 Å². The number of aromatic nitrogens is 1. The molecule has 3 heterocycles. The molecule has 2 aromatic heterocycles. The number of nitrogens with two attached hydrogens (primary N) is 1. The zero-order valence-corrected chi connectivity index (χ0v) is 15.2. The molecule has 134 valence electrons. The molecular formula is C19H20N4O2S. The van der Waals surface area contributed by atoms with E-state index in [1.54, 1.807) is 27.3 Å². The average molecular weight is 368 g/mol. The second kappa shape index (κ2) is 7.01. The number of rotatable bonds is 2. The summed E-state index contributed by atoms with van der Waals surface area (Å²) in [6.07, 6.45) is 2.54. The van der Waals surface area contributed by atoms with Crippen LogP contribution >= 0.6 is 11.3 Å². The van der Waals surface area contributed by atoms with Crippen LogP contribution in [0.4, 0.5) is 0 Å². The minimum Gasteiger partial charge on any atom is -0.340 e. The fraction of sp³-hybridized carbons (Fsp3) is 0.316. The summed E-state index contributed by atoms with van der Waals surface area (Å²) in [5.74, 6) is -0.146. The lowest BCUT2D eigenvalue weighted by molar-refractivity contribution is -0.129. The number of hydrogen-bond acceptors (Lipinski definition) is 5. The number of pyridine rings is 1. The number of carbonyl (C=O) groups excluding carboxylic acids is 2. The SMILES string of the molecule is NCC(=O)N1CCCN(C(=O)c2cc3c(cn2)sc2ccccc23)CC1. The van der Waals surface area contributed by atoms with Gasteiger partial charge in [-0.2, -0.15) is 0 Å². The second-order valence-corrected chi connectivity index (χ2v) is 7.48. The van der Waals surface area contributed by atoms with E-state index in [9.17, 15) is 9.59 Å². The summed E-state index contributed by atoms with van der Waals surface area (Å²) in [4.78, 5) is 32.6. The second-order valence-electron chi connectivity index (χ2n) is 6.39. The van der Waals surface area contributed by atoms with Crippen LogP contribution in [0.25, 0.3) is 20.2 Å². The Labute approximate surface area is 155 Å². The van der Waals surface area contributed by atoms with E-state index in [1.807, 2.05) is 18.2 Å². The molecular weight excluding hydrogens is 348 g/mol. The first-order chi connectivity index (χ1) is 12.7. The fourth-order valence-electron chi connectivity index (χ4n) is 3.41. The monoisotopic (exact) mass is 368 g/mol. The number of fused-ring (bicyclic) bond motifs is 3. The predicted molar refractivity (Wildman–Crippen MR) is 103 cm³/mol. The minimum atomic E-state index is -0.0794. The van der Waals surface area contributed by atoms with E-state index in [1.165, 1.54) is 4.70 Å². The average Bonchev–Trinajstić information content (AvgIpc) is 2.86. The molecule has 0 spiro atoms. The number of nitrogens with zero attached hydrogens (tertiary/aromatic N) is 3. The Kier molecular flexibility index (Phi) is 4.57. The summed E-state index contributed by atoms with van der Waals surface area (Å²) in [6, 6.07) is 10.1. The van der Waals surface area contributed by atoms with Gasteiger partial charge in [0.25, 0.3) is 5.91 Å². The Balaban J connectivity index is 1.59.